The maximum Gasteiger partial charge on any atom is 0.287 e. The number of nitrogens with one attached hydrogen (secondary N) is 1. The van der Waals surface area contributed by atoms with Crippen LogP contribution in [0.1, 0.15) is 29.0 Å². The molecule has 1 N–H and O–H groups in total. The average Bonchev–Trinajstić information content (AvgIpc) is 3.04. The molecular formula is C17H19ClN2O2. The van der Waals surface area contributed by atoms with E-state index in [0.29, 0.717) is 5.76 Å². The van der Waals surface area contributed by atoms with Crippen molar-refractivity contribution in [1.82, 2.24) is 10.2 Å². The lowest BCUT2D eigenvalue weighted by molar-refractivity contribution is 0.0873. The fourth-order valence-electron chi connectivity index (χ4n) is 2.83. The van der Waals surface area contributed by atoms with Gasteiger partial charge in [0.05, 0.1) is 6.26 Å². The van der Waals surface area contributed by atoms with Crippen LogP contribution in [0.15, 0.2) is 47.1 Å². The number of hydrogen-bond acceptors (Lipinski definition) is 3. The topological polar surface area (TPSA) is 45.5 Å². The largest absolute Gasteiger partial charge is 0.459 e. The fourth-order valence-corrected chi connectivity index (χ4v) is 2.96. The molecule has 1 aromatic carbocycles. The first-order valence-corrected chi connectivity index (χ1v) is 7.90. The third kappa shape index (κ3) is 3.90. The number of furan rings is 1. The highest BCUT2D eigenvalue weighted by molar-refractivity contribution is 6.30. The van der Waals surface area contributed by atoms with Crippen LogP contribution in [-0.4, -0.2) is 29.9 Å². The molecule has 0 aliphatic carbocycles. The zero-order valence-electron chi connectivity index (χ0n) is 12.3. The maximum atomic E-state index is 12.0. The van der Waals surface area contributed by atoms with Crippen LogP contribution in [-0.2, 0) is 6.54 Å². The van der Waals surface area contributed by atoms with E-state index < -0.39 is 0 Å². The van der Waals surface area contributed by atoms with Gasteiger partial charge >= 0.3 is 0 Å². The Hall–Kier alpha value is -1.78. The molecule has 0 spiro atoms. The number of halogens is 1. The fraction of sp³-hybridized carbons (Fsp3) is 0.353. The summed E-state index contributed by atoms with van der Waals surface area (Å²) in [6, 6.07) is 11.5. The number of amides is 1. The Balaban J connectivity index is 1.55. The van der Waals surface area contributed by atoms with Gasteiger partial charge in [-0.1, -0.05) is 23.7 Å². The van der Waals surface area contributed by atoms with Gasteiger partial charge in [0, 0.05) is 24.2 Å². The van der Waals surface area contributed by atoms with Crippen molar-refractivity contribution in [3.05, 3.63) is 59.0 Å². The van der Waals surface area contributed by atoms with Gasteiger partial charge in [-0.3, -0.25) is 9.69 Å². The molecule has 1 saturated heterocycles. The first kappa shape index (κ1) is 15.1. The highest BCUT2D eigenvalue weighted by Gasteiger charge is 2.22. The molecule has 116 valence electrons. The molecule has 2 aromatic rings. The minimum Gasteiger partial charge on any atom is -0.459 e. The van der Waals surface area contributed by atoms with Gasteiger partial charge in [0.25, 0.3) is 5.91 Å². The van der Waals surface area contributed by atoms with Crippen molar-refractivity contribution < 1.29 is 9.21 Å². The molecule has 3 rings (SSSR count). The summed E-state index contributed by atoms with van der Waals surface area (Å²) in [5.41, 5.74) is 1.24. The predicted octanol–water partition coefficient (Wildman–Crippen LogP) is 3.33. The highest BCUT2D eigenvalue weighted by Crippen LogP contribution is 2.16. The van der Waals surface area contributed by atoms with E-state index in [1.807, 2.05) is 24.3 Å². The molecule has 0 saturated carbocycles. The molecule has 5 heteroatoms. The van der Waals surface area contributed by atoms with Crippen LogP contribution in [0, 0.1) is 0 Å². The van der Waals surface area contributed by atoms with Crippen LogP contribution in [0.2, 0.25) is 5.02 Å². The van der Waals surface area contributed by atoms with Crippen molar-refractivity contribution in [2.24, 2.45) is 0 Å². The Kier molecular flexibility index (Phi) is 4.80. The third-order valence-electron chi connectivity index (χ3n) is 3.91. The SMILES string of the molecule is O=C(NC1CCCN(Cc2ccc(Cl)cc2)C1)c1ccco1. The number of benzene rings is 1. The zero-order chi connectivity index (χ0) is 15.4. The molecule has 0 bridgehead atoms. The van der Waals surface area contributed by atoms with Crippen LogP contribution in [0.4, 0.5) is 0 Å². The molecule has 1 unspecified atom stereocenters. The van der Waals surface area contributed by atoms with Crippen LogP contribution in [0.5, 0.6) is 0 Å². The van der Waals surface area contributed by atoms with Gasteiger partial charge < -0.3 is 9.73 Å². The van der Waals surface area contributed by atoms with Crippen LogP contribution < -0.4 is 5.32 Å². The average molecular weight is 319 g/mol. The number of nitrogens with zero attached hydrogens (tertiary/aromatic N) is 1. The second kappa shape index (κ2) is 6.99. The van der Waals surface area contributed by atoms with E-state index >= 15 is 0 Å². The molecule has 1 aromatic heterocycles. The summed E-state index contributed by atoms with van der Waals surface area (Å²) < 4.78 is 5.13. The van der Waals surface area contributed by atoms with Gasteiger partial charge in [-0.2, -0.15) is 0 Å². The minimum absolute atomic E-state index is 0.136. The Morgan fingerprint density at radius 3 is 2.86 bits per heavy atom. The van der Waals surface area contributed by atoms with E-state index in [1.54, 1.807) is 12.1 Å². The van der Waals surface area contributed by atoms with Crippen molar-refractivity contribution in [1.29, 1.82) is 0 Å². The first-order chi connectivity index (χ1) is 10.7. The highest BCUT2D eigenvalue weighted by atomic mass is 35.5. The van der Waals surface area contributed by atoms with E-state index in [2.05, 4.69) is 10.2 Å². The molecule has 2 heterocycles. The molecule has 4 nitrogen and oxygen atoms in total. The van der Waals surface area contributed by atoms with Crippen molar-refractivity contribution in [3.8, 4) is 0 Å². The number of carbonyl (C=O) groups is 1. The molecule has 1 aliphatic rings. The van der Waals surface area contributed by atoms with Crippen LogP contribution in [0.3, 0.4) is 0 Å². The number of hydrogen-bond donors (Lipinski definition) is 1. The lowest BCUT2D eigenvalue weighted by Gasteiger charge is -2.33. The Bertz CT molecular complexity index is 610. The summed E-state index contributed by atoms with van der Waals surface area (Å²) in [6.45, 7) is 2.79. The van der Waals surface area contributed by atoms with E-state index in [0.717, 1.165) is 37.5 Å². The van der Waals surface area contributed by atoms with Crippen molar-refractivity contribution in [2.75, 3.05) is 13.1 Å². The first-order valence-electron chi connectivity index (χ1n) is 7.52. The number of piperidine rings is 1. The normalized spacial score (nSPS) is 19.0. The van der Waals surface area contributed by atoms with Gasteiger partial charge in [-0.05, 0) is 49.2 Å². The summed E-state index contributed by atoms with van der Waals surface area (Å²) in [5, 5.41) is 3.81. The predicted molar refractivity (Wildman–Crippen MR) is 85.9 cm³/mol. The van der Waals surface area contributed by atoms with Gasteiger partial charge in [-0.25, -0.2) is 0 Å². The lowest BCUT2D eigenvalue weighted by atomic mass is 10.0. The maximum absolute atomic E-state index is 12.0. The van der Waals surface area contributed by atoms with E-state index in [4.69, 9.17) is 16.0 Å². The van der Waals surface area contributed by atoms with Gasteiger partial charge in [0.1, 0.15) is 0 Å². The molecule has 1 atom stereocenters. The molecular weight excluding hydrogens is 300 g/mol. The minimum atomic E-state index is -0.136. The zero-order valence-corrected chi connectivity index (χ0v) is 13.1. The van der Waals surface area contributed by atoms with Gasteiger partial charge in [0.2, 0.25) is 0 Å². The standard InChI is InChI=1S/C17H19ClN2O2/c18-14-7-5-13(6-8-14)11-20-9-1-3-15(12-20)19-17(21)16-4-2-10-22-16/h2,4-8,10,15H,1,3,9,11-12H2,(H,19,21). The second-order valence-corrected chi connectivity index (χ2v) is 6.09. The summed E-state index contributed by atoms with van der Waals surface area (Å²) in [4.78, 5) is 14.4. The Morgan fingerprint density at radius 1 is 1.32 bits per heavy atom. The quantitative estimate of drug-likeness (QED) is 0.940. The molecule has 22 heavy (non-hydrogen) atoms. The van der Waals surface area contributed by atoms with Crippen molar-refractivity contribution in [2.45, 2.75) is 25.4 Å². The summed E-state index contributed by atoms with van der Waals surface area (Å²) in [6.07, 6.45) is 3.60. The second-order valence-electron chi connectivity index (χ2n) is 5.65. The number of carbonyl (C=O) groups excluding carboxylic acids is 1. The Morgan fingerprint density at radius 2 is 2.14 bits per heavy atom. The Labute approximate surface area is 135 Å². The van der Waals surface area contributed by atoms with Gasteiger partial charge in [-0.15, -0.1) is 0 Å². The van der Waals surface area contributed by atoms with Crippen LogP contribution >= 0.6 is 11.6 Å². The molecule has 1 aliphatic heterocycles. The number of rotatable bonds is 4. The molecule has 1 fully saturated rings. The van der Waals surface area contributed by atoms with E-state index in [1.165, 1.54) is 11.8 Å². The monoisotopic (exact) mass is 318 g/mol. The van der Waals surface area contributed by atoms with E-state index in [-0.39, 0.29) is 11.9 Å². The van der Waals surface area contributed by atoms with Crippen molar-refractivity contribution in [3.63, 3.8) is 0 Å². The summed E-state index contributed by atoms with van der Waals surface area (Å²) >= 11 is 5.91. The summed E-state index contributed by atoms with van der Waals surface area (Å²) in [5.74, 6) is 0.234. The van der Waals surface area contributed by atoms with Crippen molar-refractivity contribution >= 4 is 17.5 Å². The van der Waals surface area contributed by atoms with E-state index in [9.17, 15) is 4.79 Å². The molecule has 1 amide bonds. The smallest absolute Gasteiger partial charge is 0.287 e. The molecule has 0 radical (unpaired) electrons. The van der Waals surface area contributed by atoms with Crippen LogP contribution in [0.25, 0.3) is 0 Å². The lowest BCUT2D eigenvalue weighted by Crippen LogP contribution is -2.47. The number of likely N-dealkylation sites (tertiary alicyclic amines) is 1. The third-order valence-corrected chi connectivity index (χ3v) is 4.16. The van der Waals surface area contributed by atoms with Gasteiger partial charge in [0.15, 0.2) is 5.76 Å². The summed E-state index contributed by atoms with van der Waals surface area (Å²) in [7, 11) is 0.